The summed E-state index contributed by atoms with van der Waals surface area (Å²) in [7, 11) is -4.12. The van der Waals surface area contributed by atoms with Crippen LogP contribution in [-0.4, -0.2) is 20.4 Å². The molecule has 0 radical (unpaired) electrons. The molecule has 0 atom stereocenters. The smallest absolute Gasteiger partial charge is 0.251 e. The fraction of sp³-hybridized carbons (Fsp3) is 0.417. The molecule has 0 aromatic heterocycles. The number of nitrogens with two attached hydrogens (primary N) is 1. The van der Waals surface area contributed by atoms with Crippen molar-refractivity contribution in [3.05, 3.63) is 28.0 Å². The van der Waals surface area contributed by atoms with Gasteiger partial charge in [-0.05, 0) is 40.9 Å². The van der Waals surface area contributed by atoms with Crippen LogP contribution in [0.3, 0.4) is 0 Å². The van der Waals surface area contributed by atoms with Crippen molar-refractivity contribution in [3.63, 3.8) is 0 Å². The maximum absolute atomic E-state index is 13.7. The number of hydrogen-bond acceptors (Lipinski definition) is 3. The summed E-state index contributed by atoms with van der Waals surface area (Å²) < 4.78 is 36.1. The average molecular weight is 367 g/mol. The fourth-order valence-corrected chi connectivity index (χ4v) is 3.21. The lowest BCUT2D eigenvalue weighted by Crippen LogP contribution is -2.34. The Labute approximate surface area is 125 Å². The molecule has 20 heavy (non-hydrogen) atoms. The number of nitrogens with one attached hydrogen (secondary N) is 1. The highest BCUT2D eigenvalue weighted by molar-refractivity contribution is 9.10. The van der Waals surface area contributed by atoms with Crippen molar-refractivity contribution in [2.24, 2.45) is 5.14 Å². The van der Waals surface area contributed by atoms with Gasteiger partial charge in [-0.3, -0.25) is 4.79 Å². The Balaban J connectivity index is 3.21. The van der Waals surface area contributed by atoms with Crippen molar-refractivity contribution in [2.45, 2.75) is 37.6 Å². The van der Waals surface area contributed by atoms with Crippen LogP contribution >= 0.6 is 15.9 Å². The summed E-state index contributed by atoms with van der Waals surface area (Å²) in [4.78, 5) is 11.5. The van der Waals surface area contributed by atoms with Gasteiger partial charge in [-0.1, -0.05) is 13.8 Å². The third-order valence-corrected chi connectivity index (χ3v) is 4.89. The second-order valence-electron chi connectivity index (χ2n) is 4.30. The van der Waals surface area contributed by atoms with Gasteiger partial charge in [-0.25, -0.2) is 17.9 Å². The van der Waals surface area contributed by atoms with Crippen LogP contribution in [0, 0.1) is 5.82 Å². The highest BCUT2D eigenvalue weighted by Crippen LogP contribution is 2.26. The van der Waals surface area contributed by atoms with Gasteiger partial charge in [0.2, 0.25) is 10.0 Å². The van der Waals surface area contributed by atoms with E-state index in [9.17, 15) is 17.6 Å². The summed E-state index contributed by atoms with van der Waals surface area (Å²) in [5.41, 5.74) is -0.0818. The lowest BCUT2D eigenvalue weighted by molar-refractivity contribution is 0.0934. The van der Waals surface area contributed by atoms with Crippen molar-refractivity contribution in [1.82, 2.24) is 5.32 Å². The minimum atomic E-state index is -4.12. The van der Waals surface area contributed by atoms with Gasteiger partial charge in [0, 0.05) is 11.6 Å². The van der Waals surface area contributed by atoms with E-state index in [4.69, 9.17) is 5.14 Å². The topological polar surface area (TPSA) is 89.3 Å². The molecule has 0 saturated carbocycles. The fourth-order valence-electron chi connectivity index (χ4n) is 1.66. The number of amides is 1. The lowest BCUT2D eigenvalue weighted by atomic mass is 10.1. The molecular weight excluding hydrogens is 351 g/mol. The Kier molecular flexibility index (Phi) is 5.67. The number of carbonyl (C=O) groups is 1. The van der Waals surface area contributed by atoms with Gasteiger partial charge in [0.1, 0.15) is 5.82 Å². The van der Waals surface area contributed by atoms with E-state index in [0.29, 0.717) is 0 Å². The van der Waals surface area contributed by atoms with Crippen molar-refractivity contribution in [3.8, 4) is 0 Å². The van der Waals surface area contributed by atoms with E-state index in [-0.39, 0.29) is 16.1 Å². The summed E-state index contributed by atoms with van der Waals surface area (Å²) in [6.45, 7) is 3.82. The summed E-state index contributed by atoms with van der Waals surface area (Å²) in [6, 6.07) is 1.98. The Morgan fingerprint density at radius 2 is 1.95 bits per heavy atom. The Hall–Kier alpha value is -0.990. The maximum Gasteiger partial charge on any atom is 0.251 e. The number of benzene rings is 1. The number of carbonyl (C=O) groups excluding carboxylic acids is 1. The molecule has 5 nitrogen and oxygen atoms in total. The molecule has 0 saturated heterocycles. The first-order valence-corrected chi connectivity index (χ1v) is 8.37. The molecule has 0 unspecified atom stereocenters. The highest BCUT2D eigenvalue weighted by Gasteiger charge is 2.21. The van der Waals surface area contributed by atoms with Crippen LogP contribution in [-0.2, 0) is 10.0 Å². The van der Waals surface area contributed by atoms with Gasteiger partial charge in [-0.2, -0.15) is 0 Å². The van der Waals surface area contributed by atoms with Gasteiger partial charge in [0.05, 0.1) is 9.37 Å². The van der Waals surface area contributed by atoms with Crippen molar-refractivity contribution in [2.75, 3.05) is 0 Å². The minimum Gasteiger partial charge on any atom is -0.349 e. The van der Waals surface area contributed by atoms with Crippen LogP contribution < -0.4 is 10.5 Å². The van der Waals surface area contributed by atoms with Crippen LogP contribution in [0.1, 0.15) is 37.0 Å². The second-order valence-corrected chi connectivity index (χ2v) is 6.62. The van der Waals surface area contributed by atoms with Crippen LogP contribution in [0.5, 0.6) is 0 Å². The van der Waals surface area contributed by atoms with Crippen LogP contribution in [0.25, 0.3) is 0 Å². The van der Waals surface area contributed by atoms with E-state index in [1.807, 2.05) is 13.8 Å². The van der Waals surface area contributed by atoms with Crippen LogP contribution in [0.2, 0.25) is 0 Å². The van der Waals surface area contributed by atoms with E-state index in [1.54, 1.807) is 0 Å². The molecule has 3 N–H and O–H groups in total. The Morgan fingerprint density at radius 1 is 1.40 bits per heavy atom. The molecule has 0 spiro atoms. The van der Waals surface area contributed by atoms with E-state index in [2.05, 4.69) is 21.2 Å². The van der Waals surface area contributed by atoms with Crippen molar-refractivity contribution >= 4 is 31.9 Å². The third-order valence-electron chi connectivity index (χ3n) is 2.88. The molecule has 0 aliphatic heterocycles. The van der Waals surface area contributed by atoms with E-state index >= 15 is 0 Å². The first-order chi connectivity index (χ1) is 9.20. The molecule has 1 aromatic rings. The zero-order valence-electron chi connectivity index (χ0n) is 11.1. The van der Waals surface area contributed by atoms with Crippen molar-refractivity contribution in [1.29, 1.82) is 0 Å². The molecular formula is C12H16BrFN2O3S. The normalized spacial score (nSPS) is 11.7. The average Bonchev–Trinajstić information content (AvgIpc) is 2.37. The Bertz CT molecular complexity index is 615. The number of primary sulfonamides is 1. The van der Waals surface area contributed by atoms with Crippen molar-refractivity contribution < 1.29 is 17.6 Å². The standard InChI is InChI=1S/C12H16BrFN2O3S/c1-3-8(4-2)16-12(17)7-5-9(14)11(13)10(6-7)20(15,18)19/h5-6,8H,3-4H2,1-2H3,(H,16,17)(H2,15,18,19). The molecule has 1 rings (SSSR count). The molecule has 1 amide bonds. The molecule has 8 heteroatoms. The number of hydrogen-bond donors (Lipinski definition) is 2. The monoisotopic (exact) mass is 366 g/mol. The zero-order valence-corrected chi connectivity index (χ0v) is 13.5. The predicted octanol–water partition coefficient (Wildman–Crippen LogP) is 2.15. The number of halogens is 2. The van der Waals surface area contributed by atoms with Gasteiger partial charge in [0.15, 0.2) is 0 Å². The number of sulfonamides is 1. The van der Waals surface area contributed by atoms with Crippen LogP contribution in [0.4, 0.5) is 4.39 Å². The number of rotatable bonds is 5. The van der Waals surface area contributed by atoms with E-state index in [1.165, 1.54) is 0 Å². The molecule has 0 fully saturated rings. The zero-order chi connectivity index (χ0) is 15.5. The second kappa shape index (κ2) is 6.64. The molecule has 0 aliphatic rings. The first kappa shape index (κ1) is 17.1. The first-order valence-electron chi connectivity index (χ1n) is 6.03. The summed E-state index contributed by atoms with van der Waals surface area (Å²) in [5, 5.41) is 7.69. The van der Waals surface area contributed by atoms with Gasteiger partial charge in [0.25, 0.3) is 5.91 Å². The largest absolute Gasteiger partial charge is 0.349 e. The highest BCUT2D eigenvalue weighted by atomic mass is 79.9. The van der Waals surface area contributed by atoms with Gasteiger partial charge >= 0.3 is 0 Å². The molecule has 112 valence electrons. The summed E-state index contributed by atoms with van der Waals surface area (Å²) in [5.74, 6) is -1.39. The predicted molar refractivity (Wildman–Crippen MR) is 77.3 cm³/mol. The maximum atomic E-state index is 13.7. The van der Waals surface area contributed by atoms with Gasteiger partial charge < -0.3 is 5.32 Å². The molecule has 1 aromatic carbocycles. The minimum absolute atomic E-state index is 0.0489. The molecule has 0 aliphatic carbocycles. The van der Waals surface area contributed by atoms with E-state index < -0.39 is 26.6 Å². The quantitative estimate of drug-likeness (QED) is 0.836. The SMILES string of the molecule is CCC(CC)NC(=O)c1cc(F)c(Br)c(S(N)(=O)=O)c1. The van der Waals surface area contributed by atoms with E-state index in [0.717, 1.165) is 25.0 Å². The van der Waals surface area contributed by atoms with Crippen LogP contribution in [0.15, 0.2) is 21.5 Å². The summed E-state index contributed by atoms with van der Waals surface area (Å²) >= 11 is 2.81. The third kappa shape index (κ3) is 4.00. The Morgan fingerprint density at radius 3 is 2.40 bits per heavy atom. The van der Waals surface area contributed by atoms with Gasteiger partial charge in [-0.15, -0.1) is 0 Å². The summed E-state index contributed by atoms with van der Waals surface area (Å²) in [6.07, 6.45) is 1.45. The molecule has 0 bridgehead atoms. The molecule has 0 heterocycles. The lowest BCUT2D eigenvalue weighted by Gasteiger charge is -2.15.